The Morgan fingerprint density at radius 1 is 1.67 bits per heavy atom. The van der Waals surface area contributed by atoms with Crippen molar-refractivity contribution >= 4 is 27.3 Å². The van der Waals surface area contributed by atoms with Crippen LogP contribution in [-0.4, -0.2) is 19.7 Å². The standard InChI is InChI=1S/C8H10BrNOS/c9-6-1-4-12-8(6)7-5-10-2-3-11-7/h1,4,7,10H,2-3,5H2. The average Bonchev–Trinajstić information content (AvgIpc) is 2.53. The summed E-state index contributed by atoms with van der Waals surface area (Å²) in [6.07, 6.45) is 0.244. The smallest absolute Gasteiger partial charge is 0.105 e. The van der Waals surface area contributed by atoms with Crippen molar-refractivity contribution in [3.8, 4) is 0 Å². The van der Waals surface area contributed by atoms with E-state index in [1.807, 2.05) is 0 Å². The highest BCUT2D eigenvalue weighted by atomic mass is 79.9. The fourth-order valence-corrected chi connectivity index (χ4v) is 2.95. The molecule has 2 nitrogen and oxygen atoms in total. The van der Waals surface area contributed by atoms with Gasteiger partial charge >= 0.3 is 0 Å². The molecule has 2 rings (SSSR count). The molecule has 0 aliphatic carbocycles. The van der Waals surface area contributed by atoms with Crippen LogP contribution in [0.1, 0.15) is 11.0 Å². The molecule has 1 aliphatic rings. The molecule has 1 N–H and O–H groups in total. The van der Waals surface area contributed by atoms with Gasteiger partial charge < -0.3 is 10.1 Å². The minimum Gasteiger partial charge on any atom is -0.370 e. The van der Waals surface area contributed by atoms with Gasteiger partial charge in [-0.25, -0.2) is 0 Å². The van der Waals surface area contributed by atoms with Gasteiger partial charge in [-0.15, -0.1) is 11.3 Å². The van der Waals surface area contributed by atoms with Crippen LogP contribution in [0.5, 0.6) is 0 Å². The molecule has 0 spiro atoms. The maximum absolute atomic E-state index is 5.62. The Hall–Kier alpha value is 0.1000. The van der Waals surface area contributed by atoms with E-state index >= 15 is 0 Å². The molecule has 4 heteroatoms. The van der Waals surface area contributed by atoms with Gasteiger partial charge in [0.25, 0.3) is 0 Å². The molecule has 0 aromatic carbocycles. The van der Waals surface area contributed by atoms with Gasteiger partial charge in [0.2, 0.25) is 0 Å². The van der Waals surface area contributed by atoms with Gasteiger partial charge in [0, 0.05) is 22.4 Å². The number of halogens is 1. The molecule has 1 aliphatic heterocycles. The Kier molecular flexibility index (Phi) is 2.80. The van der Waals surface area contributed by atoms with E-state index in [0.717, 1.165) is 19.7 Å². The maximum Gasteiger partial charge on any atom is 0.105 e. The summed E-state index contributed by atoms with van der Waals surface area (Å²) in [7, 11) is 0. The topological polar surface area (TPSA) is 21.3 Å². The summed E-state index contributed by atoms with van der Waals surface area (Å²) >= 11 is 5.25. The molecule has 2 heterocycles. The van der Waals surface area contributed by atoms with Gasteiger partial charge in [0.1, 0.15) is 6.10 Å². The molecule has 1 aromatic rings. The zero-order chi connectivity index (χ0) is 8.39. The zero-order valence-electron chi connectivity index (χ0n) is 6.55. The average molecular weight is 248 g/mol. The number of hydrogen-bond acceptors (Lipinski definition) is 3. The molecule has 1 unspecified atom stereocenters. The van der Waals surface area contributed by atoms with Crippen molar-refractivity contribution in [2.24, 2.45) is 0 Å². The van der Waals surface area contributed by atoms with Gasteiger partial charge in [-0.2, -0.15) is 0 Å². The summed E-state index contributed by atoms with van der Waals surface area (Å²) in [4.78, 5) is 1.29. The maximum atomic E-state index is 5.62. The van der Waals surface area contributed by atoms with E-state index in [-0.39, 0.29) is 6.10 Å². The Balaban J connectivity index is 2.13. The van der Waals surface area contributed by atoms with Crippen LogP contribution < -0.4 is 5.32 Å². The number of rotatable bonds is 1. The fourth-order valence-electron chi connectivity index (χ4n) is 1.27. The van der Waals surface area contributed by atoms with E-state index in [0.29, 0.717) is 0 Å². The predicted molar refractivity (Wildman–Crippen MR) is 53.6 cm³/mol. The molecule has 0 radical (unpaired) electrons. The number of nitrogens with one attached hydrogen (secondary N) is 1. The third-order valence-corrected chi connectivity index (χ3v) is 3.83. The van der Waals surface area contributed by atoms with Crippen molar-refractivity contribution < 1.29 is 4.74 Å². The van der Waals surface area contributed by atoms with Crippen LogP contribution in [-0.2, 0) is 4.74 Å². The predicted octanol–water partition coefficient (Wildman–Crippen LogP) is 2.17. The first-order chi connectivity index (χ1) is 5.88. The quantitative estimate of drug-likeness (QED) is 0.822. The highest BCUT2D eigenvalue weighted by molar-refractivity contribution is 9.10. The summed E-state index contributed by atoms with van der Waals surface area (Å²) < 4.78 is 6.79. The van der Waals surface area contributed by atoms with Crippen LogP contribution in [0.2, 0.25) is 0 Å². The minimum atomic E-state index is 0.244. The van der Waals surface area contributed by atoms with Gasteiger partial charge in [0.15, 0.2) is 0 Å². The molecule has 0 saturated carbocycles. The first-order valence-corrected chi connectivity index (χ1v) is 5.60. The summed E-state index contributed by atoms with van der Waals surface area (Å²) in [6, 6.07) is 2.07. The molecule has 1 fully saturated rings. The van der Waals surface area contributed by atoms with Crippen molar-refractivity contribution in [1.82, 2.24) is 5.32 Å². The highest BCUT2D eigenvalue weighted by Crippen LogP contribution is 2.31. The van der Waals surface area contributed by atoms with Gasteiger partial charge in [-0.3, -0.25) is 0 Å². The van der Waals surface area contributed by atoms with Crippen LogP contribution in [0.25, 0.3) is 0 Å². The summed E-state index contributed by atoms with van der Waals surface area (Å²) in [5.74, 6) is 0. The van der Waals surface area contributed by atoms with Crippen molar-refractivity contribution in [3.63, 3.8) is 0 Å². The molecule has 1 saturated heterocycles. The van der Waals surface area contributed by atoms with Crippen LogP contribution in [0, 0.1) is 0 Å². The summed E-state index contributed by atoms with van der Waals surface area (Å²) in [5, 5.41) is 5.39. The number of morpholine rings is 1. The zero-order valence-corrected chi connectivity index (χ0v) is 8.95. The molecule has 12 heavy (non-hydrogen) atoms. The van der Waals surface area contributed by atoms with Gasteiger partial charge in [0.05, 0.1) is 6.61 Å². The second-order valence-electron chi connectivity index (χ2n) is 2.70. The monoisotopic (exact) mass is 247 g/mol. The molecule has 66 valence electrons. The normalized spacial score (nSPS) is 24.2. The molecular formula is C8H10BrNOS. The largest absolute Gasteiger partial charge is 0.370 e. The lowest BCUT2D eigenvalue weighted by Gasteiger charge is -2.22. The lowest BCUT2D eigenvalue weighted by molar-refractivity contribution is 0.0296. The number of hydrogen-bond donors (Lipinski definition) is 1. The minimum absolute atomic E-state index is 0.244. The van der Waals surface area contributed by atoms with E-state index < -0.39 is 0 Å². The van der Waals surface area contributed by atoms with E-state index in [1.165, 1.54) is 9.35 Å². The van der Waals surface area contributed by atoms with E-state index in [1.54, 1.807) is 11.3 Å². The van der Waals surface area contributed by atoms with Crippen LogP contribution >= 0.6 is 27.3 Å². The Morgan fingerprint density at radius 3 is 3.17 bits per heavy atom. The number of ether oxygens (including phenoxy) is 1. The molecule has 0 bridgehead atoms. The first kappa shape index (κ1) is 8.69. The van der Waals surface area contributed by atoms with Crippen molar-refractivity contribution in [2.45, 2.75) is 6.10 Å². The van der Waals surface area contributed by atoms with E-state index in [9.17, 15) is 0 Å². The molecule has 0 amide bonds. The van der Waals surface area contributed by atoms with Crippen LogP contribution in [0.4, 0.5) is 0 Å². The van der Waals surface area contributed by atoms with Gasteiger partial charge in [-0.05, 0) is 27.4 Å². The van der Waals surface area contributed by atoms with E-state index in [4.69, 9.17) is 4.74 Å². The third kappa shape index (κ3) is 1.71. The Labute approximate surface area is 84.1 Å². The Bertz CT molecular complexity index is 257. The molecular weight excluding hydrogens is 238 g/mol. The Morgan fingerprint density at radius 2 is 2.58 bits per heavy atom. The van der Waals surface area contributed by atoms with Crippen molar-refractivity contribution in [1.29, 1.82) is 0 Å². The molecule has 1 aromatic heterocycles. The summed E-state index contributed by atoms with van der Waals surface area (Å²) in [6.45, 7) is 2.72. The van der Waals surface area contributed by atoms with Crippen molar-refractivity contribution in [2.75, 3.05) is 19.7 Å². The SMILES string of the molecule is Brc1ccsc1C1CNCCO1. The van der Waals surface area contributed by atoms with Crippen LogP contribution in [0.15, 0.2) is 15.9 Å². The lowest BCUT2D eigenvalue weighted by atomic mass is 10.2. The second-order valence-corrected chi connectivity index (χ2v) is 4.50. The van der Waals surface area contributed by atoms with Crippen molar-refractivity contribution in [3.05, 3.63) is 20.8 Å². The third-order valence-electron chi connectivity index (χ3n) is 1.86. The van der Waals surface area contributed by atoms with E-state index in [2.05, 4.69) is 32.7 Å². The van der Waals surface area contributed by atoms with Crippen LogP contribution in [0.3, 0.4) is 0 Å². The van der Waals surface area contributed by atoms with Gasteiger partial charge in [-0.1, -0.05) is 0 Å². The lowest BCUT2D eigenvalue weighted by Crippen LogP contribution is -2.33. The molecule has 1 atom stereocenters. The number of thiophene rings is 1. The summed E-state index contributed by atoms with van der Waals surface area (Å²) in [5.41, 5.74) is 0. The second kappa shape index (κ2) is 3.87. The fraction of sp³-hybridized carbons (Fsp3) is 0.500. The highest BCUT2D eigenvalue weighted by Gasteiger charge is 2.18. The first-order valence-electron chi connectivity index (χ1n) is 3.93.